The molecule has 0 fully saturated rings. The lowest BCUT2D eigenvalue weighted by Crippen LogP contribution is -2.57. The monoisotopic (exact) mass is 1770 g/mol. The van der Waals surface area contributed by atoms with E-state index in [-0.39, 0.29) is 44.9 Å². The number of fused-ring (bicyclic) bond motifs is 24. The van der Waals surface area contributed by atoms with Crippen LogP contribution in [-0.4, -0.2) is 20.2 Å². The van der Waals surface area contributed by atoms with Crippen molar-refractivity contribution in [1.29, 1.82) is 0 Å². The highest BCUT2D eigenvalue weighted by molar-refractivity contribution is 6.98. The van der Waals surface area contributed by atoms with Crippen LogP contribution >= 0.6 is 0 Å². The Morgan fingerprint density at radius 3 is 0.846 bits per heavy atom. The molecule has 0 atom stereocenters. The quantitative estimate of drug-likeness (QED) is 0.165. The molecule has 4 aromatic heterocycles. The van der Waals surface area contributed by atoms with Crippen molar-refractivity contribution in [3.05, 3.63) is 398 Å². The van der Waals surface area contributed by atoms with Crippen LogP contribution in [0.25, 0.3) is 160 Å². The summed E-state index contributed by atoms with van der Waals surface area (Å²) in [7, 11) is 0. The van der Waals surface area contributed by atoms with Crippen LogP contribution in [0, 0.1) is 0 Å². The molecule has 0 amide bonds. The molecule has 17 aromatic carbocycles. The second-order valence-electron chi connectivity index (χ2n) is 44.7. The van der Waals surface area contributed by atoms with Crippen LogP contribution < -0.4 is 25.9 Å². The molecule has 5 nitrogen and oxygen atoms in total. The standard InChI is InChI=1S/C34H28.C28H23BO2.C28H23N.C24H33N.C16H17N/c1-34(2,3)33-19-11-10-12-24(33)23-20-21-31-29-17-7-6-15-27(29)25-13-4-5-14-26(25)28-16-8-9-18-30(28)32(31)22-23;1-28(2,3)20-11-5-4-10-19(20)18-16-25-27-26(17-18)31-24-15-9-7-13-22(24)29(27)21-12-6-8-14-23(21)30-25;1-28(2,3)24-13-7-4-10-19(24)18-16-22-20-11-5-8-14-25(20)29-26-15-9-6-12-21(26)23(17-18)27(22)29;1-22(2,3)16-10-12-20-18(14-16)19-15-17(23(4,5)6)11-13-21(19)25(20)24(7,8)9;1-16(2,3)17-14-10-6-4-8-12(14)13-9-5-7-11-15(13)17/h4-22H,1-3H3;4-17H,1-3H3;4-17H,1-3H3;10-15H,1-9H3;4-11H,1-3H3. The minimum Gasteiger partial charge on any atom is -0.458 e. The largest absolute Gasteiger partial charge is 0.458 e. The Morgan fingerprint density at radius 1 is 0.199 bits per heavy atom. The molecule has 0 unspecified atom stereocenters. The van der Waals surface area contributed by atoms with Crippen molar-refractivity contribution in [2.75, 3.05) is 0 Å². The summed E-state index contributed by atoms with van der Waals surface area (Å²) in [6.45, 7) is 48.0. The Labute approximate surface area is 804 Å². The SMILES string of the molecule is CC(C)(C)c1ccc2c(c1)c1cc(C(C)(C)C)ccc1n2C(C)(C)C.CC(C)(C)c1ccccc1-c1cc2c3c(c1)Oc1ccccc1B3c1ccccc1O2.CC(C)(C)c1ccccc1-c1cc2c3ccccc3n3c4ccccc4c(c1)c23.CC(C)(C)c1ccccc1-c1ccc2c(c1)-c1ccccc1-c1ccccc1-c1ccccc1-2.CC(C)(C)n1c2ccccc2c2ccccc21. The molecule has 3 aliphatic rings. The highest BCUT2D eigenvalue weighted by Crippen LogP contribution is 2.52. The molecule has 136 heavy (non-hydrogen) atoms. The second-order valence-corrected chi connectivity index (χ2v) is 44.7. The van der Waals surface area contributed by atoms with E-state index in [0.29, 0.717) is 0 Å². The zero-order valence-electron chi connectivity index (χ0n) is 83.0. The molecule has 6 heterocycles. The molecule has 0 N–H and O–H groups in total. The van der Waals surface area contributed by atoms with Crippen molar-refractivity contribution >= 4 is 105 Å². The van der Waals surface area contributed by atoms with E-state index in [1.165, 1.54) is 193 Å². The van der Waals surface area contributed by atoms with Gasteiger partial charge in [0, 0.05) is 81.7 Å². The summed E-state index contributed by atoms with van der Waals surface area (Å²) in [5, 5.41) is 10.8. The lowest BCUT2D eigenvalue weighted by Gasteiger charge is -2.33. The average Bonchev–Trinajstić information content (AvgIpc) is 1.53. The van der Waals surface area contributed by atoms with E-state index in [1.807, 2.05) is 12.1 Å². The molecule has 0 spiro atoms. The van der Waals surface area contributed by atoms with Crippen molar-refractivity contribution in [1.82, 2.24) is 13.5 Å². The summed E-state index contributed by atoms with van der Waals surface area (Å²) in [5.74, 6) is 3.61. The van der Waals surface area contributed by atoms with Gasteiger partial charge in [0.25, 0.3) is 6.71 Å². The Morgan fingerprint density at radius 2 is 0.485 bits per heavy atom. The van der Waals surface area contributed by atoms with E-state index in [1.54, 1.807) is 0 Å². The number of hydrogen-bond acceptors (Lipinski definition) is 2. The van der Waals surface area contributed by atoms with Crippen LogP contribution in [0.5, 0.6) is 23.0 Å². The lowest BCUT2D eigenvalue weighted by atomic mass is 9.35. The predicted octanol–water partition coefficient (Wildman–Crippen LogP) is 34.5. The Kier molecular flexibility index (Phi) is 22.4. The van der Waals surface area contributed by atoms with E-state index in [0.717, 1.165) is 34.0 Å². The zero-order valence-corrected chi connectivity index (χ0v) is 83.0. The van der Waals surface area contributed by atoms with Crippen molar-refractivity contribution in [2.24, 2.45) is 0 Å². The molecular weight excluding hydrogens is 1650 g/mol. The van der Waals surface area contributed by atoms with Crippen LogP contribution in [0.4, 0.5) is 0 Å². The Balaban J connectivity index is 0.000000107. The Hall–Kier alpha value is -14.2. The maximum absolute atomic E-state index is 6.45. The van der Waals surface area contributed by atoms with Gasteiger partial charge >= 0.3 is 0 Å². The Bertz CT molecular complexity index is 7930. The normalized spacial score (nSPS) is 12.8. The van der Waals surface area contributed by atoms with E-state index < -0.39 is 0 Å². The van der Waals surface area contributed by atoms with Gasteiger partial charge in [-0.05, 0) is 276 Å². The van der Waals surface area contributed by atoms with Crippen LogP contribution in [0.1, 0.15) is 173 Å². The van der Waals surface area contributed by atoms with Gasteiger partial charge in [-0.1, -0.05) is 383 Å². The number of ether oxygens (including phenoxy) is 2. The van der Waals surface area contributed by atoms with Gasteiger partial charge < -0.3 is 23.0 Å². The van der Waals surface area contributed by atoms with Crippen molar-refractivity contribution in [3.63, 3.8) is 0 Å². The number of nitrogens with zero attached hydrogens (tertiary/aromatic N) is 3. The minimum atomic E-state index is 0.0349. The van der Waals surface area contributed by atoms with Crippen molar-refractivity contribution < 1.29 is 9.47 Å². The third-order valence-corrected chi connectivity index (χ3v) is 28.0. The molecule has 0 radical (unpaired) electrons. The van der Waals surface area contributed by atoms with E-state index in [2.05, 4.69) is 517 Å². The van der Waals surface area contributed by atoms with E-state index >= 15 is 0 Å². The van der Waals surface area contributed by atoms with Crippen molar-refractivity contribution in [3.8, 4) is 101 Å². The maximum Gasteiger partial charge on any atom is 0.260 e. The van der Waals surface area contributed by atoms with Gasteiger partial charge in [-0.2, -0.15) is 0 Å². The molecule has 1 aliphatic carbocycles. The smallest absolute Gasteiger partial charge is 0.260 e. The van der Waals surface area contributed by atoms with Crippen LogP contribution in [0.15, 0.2) is 370 Å². The number of para-hydroxylation sites is 6. The van der Waals surface area contributed by atoms with Crippen LogP contribution in [0.2, 0.25) is 0 Å². The molecule has 0 saturated carbocycles. The summed E-state index contributed by atoms with van der Waals surface area (Å²) in [4.78, 5) is 0. The molecule has 24 rings (SSSR count). The summed E-state index contributed by atoms with van der Waals surface area (Å²) < 4.78 is 20.3. The summed E-state index contributed by atoms with van der Waals surface area (Å²) in [6, 6.07) is 135. The van der Waals surface area contributed by atoms with Crippen LogP contribution in [0.3, 0.4) is 0 Å². The molecular formula is C130H124BN3O2. The molecule has 21 aromatic rings. The number of rotatable bonds is 3. The fourth-order valence-electron chi connectivity index (χ4n) is 21.7. The predicted molar refractivity (Wildman–Crippen MR) is 586 cm³/mol. The highest BCUT2D eigenvalue weighted by atomic mass is 16.5. The topological polar surface area (TPSA) is 32.7 Å². The van der Waals surface area contributed by atoms with Gasteiger partial charge in [-0.3, -0.25) is 0 Å². The fraction of sp³-hybridized carbons (Fsp3) is 0.215. The second kappa shape index (κ2) is 34.0. The maximum atomic E-state index is 6.45. The van der Waals surface area contributed by atoms with E-state index in [4.69, 9.17) is 9.47 Å². The van der Waals surface area contributed by atoms with Gasteiger partial charge in [0.1, 0.15) is 23.0 Å². The molecule has 2 aliphatic heterocycles. The summed E-state index contributed by atoms with van der Waals surface area (Å²) in [6.07, 6.45) is 0. The first-order valence-electron chi connectivity index (χ1n) is 48.6. The third-order valence-electron chi connectivity index (χ3n) is 28.0. The lowest BCUT2D eigenvalue weighted by molar-refractivity contribution is 0.423. The molecule has 674 valence electrons. The number of hydrogen-bond donors (Lipinski definition) is 0. The van der Waals surface area contributed by atoms with Gasteiger partial charge in [0.05, 0.1) is 16.6 Å². The summed E-state index contributed by atoms with van der Waals surface area (Å²) >= 11 is 0. The highest BCUT2D eigenvalue weighted by Gasteiger charge is 2.41. The molecule has 0 bridgehead atoms. The summed E-state index contributed by atoms with van der Waals surface area (Å²) in [5.41, 5.74) is 38.1. The van der Waals surface area contributed by atoms with Gasteiger partial charge in [0.15, 0.2) is 0 Å². The van der Waals surface area contributed by atoms with Crippen molar-refractivity contribution in [2.45, 2.75) is 184 Å². The fourth-order valence-corrected chi connectivity index (χ4v) is 21.7. The van der Waals surface area contributed by atoms with Gasteiger partial charge in [0.2, 0.25) is 0 Å². The third kappa shape index (κ3) is 16.2. The zero-order chi connectivity index (χ0) is 95.0. The first-order chi connectivity index (χ1) is 64.9. The first kappa shape index (κ1) is 89.7. The van der Waals surface area contributed by atoms with Gasteiger partial charge in [-0.25, -0.2) is 0 Å². The number of aromatic nitrogens is 3. The first-order valence-corrected chi connectivity index (χ1v) is 48.6. The van der Waals surface area contributed by atoms with Crippen LogP contribution in [-0.2, 0) is 38.2 Å². The molecule has 6 heteroatoms. The van der Waals surface area contributed by atoms with Gasteiger partial charge in [-0.15, -0.1) is 0 Å². The molecule has 0 saturated heterocycles. The number of benzene rings is 17. The van der Waals surface area contributed by atoms with E-state index in [9.17, 15) is 0 Å². The average molecular weight is 1770 g/mol. The minimum absolute atomic E-state index is 0.0349.